The van der Waals surface area contributed by atoms with E-state index in [0.717, 1.165) is 23.1 Å². The third-order valence-corrected chi connectivity index (χ3v) is 7.59. The van der Waals surface area contributed by atoms with Crippen LogP contribution in [0.5, 0.6) is 5.75 Å². The van der Waals surface area contributed by atoms with E-state index in [1.165, 1.54) is 21.1 Å². The van der Waals surface area contributed by atoms with Gasteiger partial charge in [-0.05, 0) is 79.1 Å². The van der Waals surface area contributed by atoms with E-state index in [2.05, 4.69) is 34.8 Å². The number of anilines is 1. The number of nitrogens with one attached hydrogen (secondary N) is 3. The number of methoxy groups -OCH3 is 1. The lowest BCUT2D eigenvalue weighted by Gasteiger charge is -2.35. The Kier molecular flexibility index (Phi) is 11.1. The number of carbonyl (C=O) groups excluding carboxylic acids is 1. The number of halogens is 6. The summed E-state index contributed by atoms with van der Waals surface area (Å²) in [6, 6.07) is 5.64. The average molecular weight is 640 g/mol. The van der Waals surface area contributed by atoms with Crippen LogP contribution in [0.25, 0.3) is 5.57 Å². The van der Waals surface area contributed by atoms with E-state index in [1.54, 1.807) is 18.3 Å². The molecule has 0 amide bonds. The predicted molar refractivity (Wildman–Crippen MR) is 157 cm³/mol. The van der Waals surface area contributed by atoms with Gasteiger partial charge in [-0.1, -0.05) is 19.4 Å². The molecule has 0 radical (unpaired) electrons. The Balaban J connectivity index is 2.01. The van der Waals surface area contributed by atoms with Gasteiger partial charge in [0.15, 0.2) is 6.19 Å². The molecule has 8 nitrogen and oxygen atoms in total. The molecule has 0 saturated carbocycles. The summed E-state index contributed by atoms with van der Waals surface area (Å²) in [5.41, 5.74) is -0.267. The molecule has 244 valence electrons. The van der Waals surface area contributed by atoms with Crippen molar-refractivity contribution >= 4 is 23.7 Å². The van der Waals surface area contributed by atoms with Crippen LogP contribution in [0.15, 0.2) is 47.0 Å². The monoisotopic (exact) mass is 639 g/mol. The first-order valence-corrected chi connectivity index (χ1v) is 13.9. The Morgan fingerprint density at radius 3 is 2.29 bits per heavy atom. The smallest absolute Gasteiger partial charge is 0.416 e. The van der Waals surface area contributed by atoms with Crippen molar-refractivity contribution in [2.45, 2.75) is 64.5 Å². The maximum atomic E-state index is 13.5. The molecule has 1 aliphatic rings. The molecule has 0 aromatic heterocycles. The molecule has 1 aliphatic carbocycles. The quantitative estimate of drug-likeness (QED) is 0.0638. The van der Waals surface area contributed by atoms with Crippen LogP contribution in [0.2, 0.25) is 0 Å². The van der Waals surface area contributed by atoms with Crippen LogP contribution >= 0.6 is 0 Å². The predicted octanol–water partition coefficient (Wildman–Crippen LogP) is 7.06. The second-order valence-electron chi connectivity index (χ2n) is 11.4. The molecular formula is C31H35F6N5O3. The van der Waals surface area contributed by atoms with E-state index in [-0.39, 0.29) is 30.5 Å². The molecule has 0 heterocycles. The van der Waals surface area contributed by atoms with Crippen LogP contribution in [0.1, 0.15) is 68.4 Å². The van der Waals surface area contributed by atoms with Gasteiger partial charge in [0.2, 0.25) is 5.96 Å². The summed E-state index contributed by atoms with van der Waals surface area (Å²) in [5.74, 6) is 0.808. The number of guanidine groups is 1. The summed E-state index contributed by atoms with van der Waals surface area (Å²) in [7, 11) is 3.04. The third kappa shape index (κ3) is 9.13. The Labute approximate surface area is 257 Å². The molecule has 45 heavy (non-hydrogen) atoms. The van der Waals surface area contributed by atoms with Crippen molar-refractivity contribution in [3.05, 3.63) is 64.2 Å². The summed E-state index contributed by atoms with van der Waals surface area (Å²) >= 11 is 0. The number of hydrogen-bond donors (Lipinski definition) is 3. The zero-order chi connectivity index (χ0) is 33.6. The number of hydrogen-bond acceptors (Lipinski definition) is 6. The van der Waals surface area contributed by atoms with Crippen LogP contribution in [-0.4, -0.2) is 39.2 Å². The minimum Gasteiger partial charge on any atom is -0.496 e. The minimum atomic E-state index is -5.05. The lowest BCUT2D eigenvalue weighted by molar-refractivity contribution is -0.143. The molecule has 0 unspecified atom stereocenters. The molecule has 0 saturated heterocycles. The van der Waals surface area contributed by atoms with Gasteiger partial charge in [-0.25, -0.2) is 0 Å². The molecule has 0 aliphatic heterocycles. The van der Waals surface area contributed by atoms with Crippen LogP contribution < -0.4 is 20.7 Å². The first kappa shape index (κ1) is 35.2. The molecule has 0 spiro atoms. The van der Waals surface area contributed by atoms with Gasteiger partial charge in [0.05, 0.1) is 18.2 Å². The summed E-state index contributed by atoms with van der Waals surface area (Å²) in [5, 5.41) is 17.6. The Morgan fingerprint density at radius 1 is 1.11 bits per heavy atom. The molecule has 3 N–H and O–H groups in total. The van der Waals surface area contributed by atoms with Gasteiger partial charge in [0, 0.05) is 30.9 Å². The number of carbonyl (C=O) groups is 1. The van der Waals surface area contributed by atoms with E-state index in [4.69, 9.17) is 14.7 Å². The van der Waals surface area contributed by atoms with Crippen molar-refractivity contribution in [1.29, 1.82) is 5.26 Å². The summed E-state index contributed by atoms with van der Waals surface area (Å²) in [6.45, 7) is 5.92. The topological polar surface area (TPSA) is 108 Å². The standard InChI is InChI=1S/C31H35F6N5O3/c1-18(27(45-17-43)19-10-21(30(32,33)34)12-22(11-19)31(35,36)37)40-15-20-14-29(2,3)9-8-24(20)25-13-23(6-7-26(25)44-5)42-28(39-4)41-16-38/h6-7,10-13,17-18,27,40H,8-9,14-15H2,1-5H3,(H2,39,41,42)/t18-,27-/m0/s1. The molecule has 14 heteroatoms. The zero-order valence-electron chi connectivity index (χ0n) is 25.4. The van der Waals surface area contributed by atoms with Crippen molar-refractivity contribution in [1.82, 2.24) is 10.6 Å². The van der Waals surface area contributed by atoms with Crippen LogP contribution in [-0.2, 0) is 21.9 Å². The highest BCUT2D eigenvalue weighted by Crippen LogP contribution is 2.45. The fourth-order valence-corrected chi connectivity index (χ4v) is 5.34. The Bertz CT molecular complexity index is 1450. The average Bonchev–Trinajstić information content (AvgIpc) is 2.97. The lowest BCUT2D eigenvalue weighted by Crippen LogP contribution is -2.36. The largest absolute Gasteiger partial charge is 0.496 e. The van der Waals surface area contributed by atoms with Crippen molar-refractivity contribution in [3.8, 4) is 11.9 Å². The SMILES string of the molecule is CN=C(NC#N)Nc1ccc(OC)c(C2=C(CN[C@@H](C)[C@H](OC=O)c3cc(C(F)(F)F)cc(C(F)(F)F)c3)CC(C)(C)CC2)c1. The Morgan fingerprint density at radius 2 is 1.76 bits per heavy atom. The van der Waals surface area contributed by atoms with E-state index < -0.39 is 41.2 Å². The number of benzene rings is 2. The maximum Gasteiger partial charge on any atom is 0.416 e. The van der Waals surface area contributed by atoms with Gasteiger partial charge < -0.3 is 20.1 Å². The van der Waals surface area contributed by atoms with E-state index in [0.29, 0.717) is 36.4 Å². The number of allylic oxidation sites excluding steroid dienone is 1. The first-order valence-electron chi connectivity index (χ1n) is 13.9. The molecule has 3 rings (SSSR count). The maximum absolute atomic E-state index is 13.5. The van der Waals surface area contributed by atoms with E-state index >= 15 is 0 Å². The number of alkyl halides is 6. The van der Waals surface area contributed by atoms with E-state index in [9.17, 15) is 31.1 Å². The van der Waals surface area contributed by atoms with Gasteiger partial charge >= 0.3 is 12.4 Å². The van der Waals surface area contributed by atoms with Gasteiger partial charge in [-0.2, -0.15) is 31.6 Å². The second kappa shape index (κ2) is 14.2. The molecule has 2 aromatic rings. The summed E-state index contributed by atoms with van der Waals surface area (Å²) in [4.78, 5) is 15.4. The van der Waals surface area contributed by atoms with Crippen molar-refractivity contribution in [2.24, 2.45) is 10.4 Å². The van der Waals surface area contributed by atoms with Crippen LogP contribution in [0.3, 0.4) is 0 Å². The highest BCUT2D eigenvalue weighted by molar-refractivity contribution is 5.95. The molecule has 2 atom stereocenters. The number of rotatable bonds is 10. The lowest BCUT2D eigenvalue weighted by atomic mass is 9.72. The molecule has 2 aromatic carbocycles. The normalized spacial score (nSPS) is 16.8. The first-order chi connectivity index (χ1) is 21.0. The number of nitrogens with zero attached hydrogens (tertiary/aromatic N) is 2. The number of aliphatic imine (C=N–C) groups is 1. The summed E-state index contributed by atoms with van der Waals surface area (Å²) in [6.07, 6.45) is -7.64. The fraction of sp³-hybridized carbons (Fsp3) is 0.452. The highest BCUT2D eigenvalue weighted by atomic mass is 19.4. The van der Waals surface area contributed by atoms with Crippen LogP contribution in [0, 0.1) is 16.9 Å². The molecular weight excluding hydrogens is 604 g/mol. The van der Waals surface area contributed by atoms with E-state index in [1.807, 2.05) is 6.07 Å². The molecule has 0 fully saturated rings. The minimum absolute atomic E-state index is 0.00316. The van der Waals surface area contributed by atoms with Gasteiger partial charge in [0.1, 0.15) is 11.9 Å². The van der Waals surface area contributed by atoms with Gasteiger partial charge in [0.25, 0.3) is 6.47 Å². The van der Waals surface area contributed by atoms with Gasteiger partial charge in [-0.15, -0.1) is 0 Å². The zero-order valence-corrected chi connectivity index (χ0v) is 25.4. The van der Waals surface area contributed by atoms with Crippen molar-refractivity contribution in [3.63, 3.8) is 0 Å². The fourth-order valence-electron chi connectivity index (χ4n) is 5.34. The number of ether oxygens (including phenoxy) is 2. The Hall–Kier alpha value is -4.25. The van der Waals surface area contributed by atoms with Crippen LogP contribution in [0.4, 0.5) is 32.0 Å². The highest BCUT2D eigenvalue weighted by Gasteiger charge is 2.38. The molecule has 0 bridgehead atoms. The third-order valence-electron chi connectivity index (χ3n) is 7.59. The van der Waals surface area contributed by atoms with Gasteiger partial charge in [-0.3, -0.25) is 15.1 Å². The number of nitriles is 1. The van der Waals surface area contributed by atoms with Crippen molar-refractivity contribution in [2.75, 3.05) is 26.0 Å². The second-order valence-corrected chi connectivity index (χ2v) is 11.4. The summed E-state index contributed by atoms with van der Waals surface area (Å²) < 4.78 is 91.9. The van der Waals surface area contributed by atoms with Crippen molar-refractivity contribution < 1.29 is 40.6 Å².